The molecule has 0 aliphatic heterocycles. The van der Waals surface area contributed by atoms with Crippen molar-refractivity contribution in [2.75, 3.05) is 0 Å². The molecule has 1 aliphatic carbocycles. The normalized spacial score (nSPS) is 15.2. The Labute approximate surface area is 143 Å². The van der Waals surface area contributed by atoms with Crippen LogP contribution in [0, 0.1) is 5.82 Å². The van der Waals surface area contributed by atoms with Crippen molar-refractivity contribution in [3.63, 3.8) is 0 Å². The summed E-state index contributed by atoms with van der Waals surface area (Å²) in [6.45, 7) is 0. The van der Waals surface area contributed by atoms with Gasteiger partial charge in [0.15, 0.2) is 0 Å². The first-order chi connectivity index (χ1) is 11.6. The Morgan fingerprint density at radius 1 is 1.12 bits per heavy atom. The van der Waals surface area contributed by atoms with Crippen molar-refractivity contribution in [2.24, 2.45) is 0 Å². The Kier molecular flexibility index (Phi) is 3.85. The van der Waals surface area contributed by atoms with Gasteiger partial charge in [-0.2, -0.15) is 0 Å². The van der Waals surface area contributed by atoms with E-state index in [4.69, 9.17) is 16.6 Å². The van der Waals surface area contributed by atoms with Crippen molar-refractivity contribution in [1.29, 1.82) is 0 Å². The van der Waals surface area contributed by atoms with Crippen molar-refractivity contribution in [3.05, 3.63) is 69.5 Å². The van der Waals surface area contributed by atoms with Gasteiger partial charge in [-0.3, -0.25) is 9.36 Å². The molecule has 0 N–H and O–H groups in total. The molecule has 1 heterocycles. The van der Waals surface area contributed by atoms with Gasteiger partial charge in [-0.05, 0) is 43.2 Å². The number of fused-ring (bicyclic) bond motifs is 1. The summed E-state index contributed by atoms with van der Waals surface area (Å²) in [6.07, 6.45) is 4.23. The highest BCUT2D eigenvalue weighted by Gasteiger charge is 2.25. The quantitative estimate of drug-likeness (QED) is 0.668. The Hall–Kier alpha value is -2.20. The van der Waals surface area contributed by atoms with Crippen LogP contribution >= 0.6 is 11.6 Å². The minimum Gasteiger partial charge on any atom is -0.268 e. The Balaban J connectivity index is 2.08. The van der Waals surface area contributed by atoms with Crippen molar-refractivity contribution < 1.29 is 4.39 Å². The summed E-state index contributed by atoms with van der Waals surface area (Å²) in [7, 11) is 0. The van der Waals surface area contributed by atoms with Gasteiger partial charge < -0.3 is 0 Å². The van der Waals surface area contributed by atoms with Gasteiger partial charge in [0, 0.05) is 5.92 Å². The smallest absolute Gasteiger partial charge is 0.267 e. The van der Waals surface area contributed by atoms with Crippen molar-refractivity contribution in [2.45, 2.75) is 31.6 Å². The number of nitrogens with zero attached hydrogens (tertiary/aromatic N) is 2. The summed E-state index contributed by atoms with van der Waals surface area (Å²) in [5, 5.41) is 0.748. The number of halogens is 2. The lowest BCUT2D eigenvalue weighted by molar-refractivity contribution is 0.618. The van der Waals surface area contributed by atoms with Gasteiger partial charge in [-0.25, -0.2) is 9.37 Å². The van der Waals surface area contributed by atoms with Crippen molar-refractivity contribution in [1.82, 2.24) is 9.55 Å². The molecule has 3 nitrogen and oxygen atoms in total. The van der Waals surface area contributed by atoms with Gasteiger partial charge in [0.2, 0.25) is 0 Å². The fourth-order valence-corrected chi connectivity index (χ4v) is 3.78. The average Bonchev–Trinajstić information content (AvgIpc) is 3.09. The summed E-state index contributed by atoms with van der Waals surface area (Å²) in [6, 6.07) is 11.3. The first-order valence-electron chi connectivity index (χ1n) is 8.12. The van der Waals surface area contributed by atoms with E-state index in [0.29, 0.717) is 27.4 Å². The van der Waals surface area contributed by atoms with Crippen LogP contribution < -0.4 is 5.56 Å². The van der Waals surface area contributed by atoms with Gasteiger partial charge in [0.1, 0.15) is 11.6 Å². The van der Waals surface area contributed by atoms with Crippen LogP contribution in [-0.2, 0) is 0 Å². The molecule has 24 heavy (non-hydrogen) atoms. The predicted molar refractivity (Wildman–Crippen MR) is 93.5 cm³/mol. The molecule has 122 valence electrons. The second-order valence-electron chi connectivity index (χ2n) is 6.21. The Morgan fingerprint density at radius 2 is 1.88 bits per heavy atom. The van der Waals surface area contributed by atoms with E-state index < -0.39 is 0 Å². The van der Waals surface area contributed by atoms with Crippen LogP contribution in [0.1, 0.15) is 37.4 Å². The van der Waals surface area contributed by atoms with E-state index in [2.05, 4.69) is 0 Å². The van der Waals surface area contributed by atoms with Crippen molar-refractivity contribution >= 4 is 22.5 Å². The third-order valence-electron chi connectivity index (χ3n) is 4.66. The van der Waals surface area contributed by atoms with E-state index in [1.807, 2.05) is 0 Å². The van der Waals surface area contributed by atoms with Gasteiger partial charge in [-0.1, -0.05) is 36.6 Å². The van der Waals surface area contributed by atoms with E-state index in [0.717, 1.165) is 25.7 Å². The van der Waals surface area contributed by atoms with Gasteiger partial charge in [0.25, 0.3) is 5.56 Å². The third kappa shape index (κ3) is 2.51. The first kappa shape index (κ1) is 15.3. The molecule has 0 amide bonds. The summed E-state index contributed by atoms with van der Waals surface area (Å²) in [5.74, 6) is 0.540. The molecule has 1 aromatic heterocycles. The summed E-state index contributed by atoms with van der Waals surface area (Å²) in [4.78, 5) is 17.9. The SMILES string of the molecule is O=c1c2c(Cl)cccc2nc(C2CCCC2)n1-c1cccc(F)c1. The summed E-state index contributed by atoms with van der Waals surface area (Å²) < 4.78 is 15.3. The zero-order valence-electron chi connectivity index (χ0n) is 13.0. The van der Waals surface area contributed by atoms with E-state index in [1.165, 1.54) is 16.7 Å². The first-order valence-corrected chi connectivity index (χ1v) is 8.50. The number of rotatable bonds is 2. The van der Waals surface area contributed by atoms with E-state index in [-0.39, 0.29) is 17.3 Å². The van der Waals surface area contributed by atoms with Crippen LogP contribution in [0.25, 0.3) is 16.6 Å². The highest BCUT2D eigenvalue weighted by atomic mass is 35.5. The molecular formula is C19H16ClFN2O. The number of aromatic nitrogens is 2. The lowest BCUT2D eigenvalue weighted by Gasteiger charge is -2.18. The minimum absolute atomic E-state index is 0.212. The fourth-order valence-electron chi connectivity index (χ4n) is 3.53. The molecule has 1 fully saturated rings. The molecule has 1 aliphatic rings. The number of benzene rings is 2. The Bertz CT molecular complexity index is 977. The van der Waals surface area contributed by atoms with E-state index in [1.54, 1.807) is 30.3 Å². The molecule has 4 rings (SSSR count). The maximum atomic E-state index is 13.7. The van der Waals surface area contributed by atoms with Crippen LogP contribution in [-0.4, -0.2) is 9.55 Å². The van der Waals surface area contributed by atoms with Crippen LogP contribution in [0.15, 0.2) is 47.3 Å². The van der Waals surface area contributed by atoms with Gasteiger partial charge >= 0.3 is 0 Å². The molecule has 0 unspecified atom stereocenters. The topological polar surface area (TPSA) is 34.9 Å². The zero-order chi connectivity index (χ0) is 16.7. The molecule has 5 heteroatoms. The highest BCUT2D eigenvalue weighted by Crippen LogP contribution is 2.34. The average molecular weight is 343 g/mol. The largest absolute Gasteiger partial charge is 0.268 e. The van der Waals surface area contributed by atoms with Crippen LogP contribution in [0.2, 0.25) is 5.02 Å². The van der Waals surface area contributed by atoms with Crippen molar-refractivity contribution in [3.8, 4) is 5.69 Å². The van der Waals surface area contributed by atoms with Crippen LogP contribution in [0.3, 0.4) is 0 Å². The lowest BCUT2D eigenvalue weighted by atomic mass is 10.1. The summed E-state index contributed by atoms with van der Waals surface area (Å²) in [5.41, 5.74) is 0.858. The third-order valence-corrected chi connectivity index (χ3v) is 4.97. The highest BCUT2D eigenvalue weighted by molar-refractivity contribution is 6.35. The molecule has 0 atom stereocenters. The molecule has 3 aromatic rings. The fraction of sp³-hybridized carbons (Fsp3) is 0.263. The van der Waals surface area contributed by atoms with Crippen LogP contribution in [0.4, 0.5) is 4.39 Å². The number of hydrogen-bond donors (Lipinski definition) is 0. The molecule has 0 bridgehead atoms. The Morgan fingerprint density at radius 3 is 2.62 bits per heavy atom. The van der Waals surface area contributed by atoms with Gasteiger partial charge in [-0.15, -0.1) is 0 Å². The minimum atomic E-state index is -0.379. The number of hydrogen-bond acceptors (Lipinski definition) is 2. The molecule has 0 spiro atoms. The molecule has 0 saturated heterocycles. The second-order valence-corrected chi connectivity index (χ2v) is 6.61. The maximum Gasteiger partial charge on any atom is 0.267 e. The van der Waals surface area contributed by atoms with Crippen LogP contribution in [0.5, 0.6) is 0 Å². The maximum absolute atomic E-state index is 13.7. The molecule has 1 saturated carbocycles. The molecular weight excluding hydrogens is 327 g/mol. The summed E-state index contributed by atoms with van der Waals surface area (Å²) >= 11 is 6.24. The second kappa shape index (κ2) is 6.02. The van der Waals surface area contributed by atoms with E-state index in [9.17, 15) is 9.18 Å². The predicted octanol–water partition coefficient (Wildman–Crippen LogP) is 4.84. The van der Waals surface area contributed by atoms with Gasteiger partial charge in [0.05, 0.1) is 21.6 Å². The molecule has 0 radical (unpaired) electrons. The monoisotopic (exact) mass is 342 g/mol. The standard InChI is InChI=1S/C19H16ClFN2O/c20-15-9-4-10-16-17(15)19(24)23(14-8-3-7-13(21)11-14)18(22-16)12-5-1-2-6-12/h3-4,7-12H,1-2,5-6H2. The van der Waals surface area contributed by atoms with E-state index >= 15 is 0 Å². The zero-order valence-corrected chi connectivity index (χ0v) is 13.8. The molecule has 2 aromatic carbocycles. The lowest BCUT2D eigenvalue weighted by Crippen LogP contribution is -2.25.